The van der Waals surface area contributed by atoms with Crippen molar-refractivity contribution in [2.24, 2.45) is 5.92 Å². The number of hydrogen-bond acceptors (Lipinski definition) is 3. The van der Waals surface area contributed by atoms with E-state index in [-0.39, 0.29) is 18.2 Å². The summed E-state index contributed by atoms with van der Waals surface area (Å²) in [7, 11) is 1.61. The summed E-state index contributed by atoms with van der Waals surface area (Å²) in [5, 5.41) is 9.48. The highest BCUT2D eigenvalue weighted by molar-refractivity contribution is 5.71. The molecule has 3 aromatic rings. The van der Waals surface area contributed by atoms with Crippen LogP contribution < -0.4 is 9.47 Å². The fraction of sp³-hybridized carbons (Fsp3) is 0.441. The second-order valence-corrected chi connectivity index (χ2v) is 11.2. The van der Waals surface area contributed by atoms with Crippen molar-refractivity contribution in [1.82, 2.24) is 0 Å². The summed E-state index contributed by atoms with van der Waals surface area (Å²) in [5.41, 5.74) is 4.79. The number of rotatable bonds is 10. The number of carbonyl (C=O) groups is 1. The highest BCUT2D eigenvalue weighted by Gasteiger charge is 2.30. The third kappa shape index (κ3) is 6.63. The number of aliphatic carboxylic acids is 1. The second-order valence-electron chi connectivity index (χ2n) is 11.2. The largest absolute Gasteiger partial charge is 0.497 e. The predicted molar refractivity (Wildman–Crippen MR) is 152 cm³/mol. The van der Waals surface area contributed by atoms with E-state index in [1.807, 2.05) is 36.4 Å². The molecule has 2 fully saturated rings. The van der Waals surface area contributed by atoms with Gasteiger partial charge < -0.3 is 14.6 Å². The van der Waals surface area contributed by atoms with Crippen LogP contribution in [0.2, 0.25) is 0 Å². The van der Waals surface area contributed by atoms with Crippen LogP contribution in [0.15, 0.2) is 60.7 Å². The average Bonchev–Trinajstić information content (AvgIpc) is 3.20. The summed E-state index contributed by atoms with van der Waals surface area (Å²) in [6.45, 7) is 0.400. The first-order chi connectivity index (χ1) is 19.0. The normalized spacial score (nSPS) is 17.2. The lowest BCUT2D eigenvalue weighted by Gasteiger charge is -2.33. The van der Waals surface area contributed by atoms with E-state index in [0.717, 1.165) is 48.1 Å². The van der Waals surface area contributed by atoms with Gasteiger partial charge in [0.25, 0.3) is 0 Å². The first-order valence-corrected chi connectivity index (χ1v) is 14.4. The molecule has 5 rings (SSSR count). The molecule has 1 N–H and O–H groups in total. The third-order valence-corrected chi connectivity index (χ3v) is 8.68. The van der Waals surface area contributed by atoms with Gasteiger partial charge in [-0.05, 0) is 96.0 Å². The van der Waals surface area contributed by atoms with E-state index < -0.39 is 5.97 Å². The summed E-state index contributed by atoms with van der Waals surface area (Å²) < 4.78 is 26.7. The summed E-state index contributed by atoms with van der Waals surface area (Å²) >= 11 is 0. The number of carboxylic acid groups (broad SMARTS) is 1. The molecule has 0 unspecified atom stereocenters. The molecule has 0 amide bonds. The van der Waals surface area contributed by atoms with Crippen LogP contribution in [0.4, 0.5) is 4.39 Å². The van der Waals surface area contributed by atoms with Crippen LogP contribution in [0.5, 0.6) is 11.5 Å². The fourth-order valence-electron chi connectivity index (χ4n) is 6.30. The van der Waals surface area contributed by atoms with Gasteiger partial charge in [-0.2, -0.15) is 0 Å². The van der Waals surface area contributed by atoms with Crippen molar-refractivity contribution < 1.29 is 23.8 Å². The predicted octanol–water partition coefficient (Wildman–Crippen LogP) is 8.88. The Morgan fingerprint density at radius 2 is 1.69 bits per heavy atom. The standard InChI is InChI=1S/C34H39FO4/c1-38-27-15-17-33(35)32(20-27)29-16-14-23(18-31(29)25-8-4-2-3-5-9-25)22-39-28-13-7-12-26(19-28)30(21-34(36)37)24-10-6-11-24/h7,12-20,24-25,30H,2-6,8-11,21-22H2,1H3,(H,36,37)/t30-/m0/s1. The molecule has 0 aromatic heterocycles. The lowest BCUT2D eigenvalue weighted by Crippen LogP contribution is -2.22. The number of hydrogen-bond donors (Lipinski definition) is 1. The first kappa shape index (κ1) is 27.2. The topological polar surface area (TPSA) is 55.8 Å². The van der Waals surface area contributed by atoms with Crippen LogP contribution in [0.3, 0.4) is 0 Å². The van der Waals surface area contributed by atoms with E-state index in [0.29, 0.717) is 29.8 Å². The molecule has 5 heteroatoms. The van der Waals surface area contributed by atoms with Crippen LogP contribution in [0, 0.1) is 11.7 Å². The Morgan fingerprint density at radius 1 is 0.897 bits per heavy atom. The molecule has 2 aliphatic rings. The van der Waals surface area contributed by atoms with Crippen molar-refractivity contribution in [2.75, 3.05) is 7.11 Å². The minimum absolute atomic E-state index is 0.0266. The van der Waals surface area contributed by atoms with Crippen molar-refractivity contribution in [3.8, 4) is 22.6 Å². The van der Waals surface area contributed by atoms with Gasteiger partial charge in [-0.15, -0.1) is 0 Å². The Morgan fingerprint density at radius 3 is 2.38 bits per heavy atom. The highest BCUT2D eigenvalue weighted by Crippen LogP contribution is 2.42. The molecule has 1 atom stereocenters. The van der Waals surface area contributed by atoms with E-state index in [4.69, 9.17) is 9.47 Å². The van der Waals surface area contributed by atoms with E-state index in [1.54, 1.807) is 19.2 Å². The van der Waals surface area contributed by atoms with Crippen molar-refractivity contribution in [3.05, 3.63) is 83.2 Å². The third-order valence-electron chi connectivity index (χ3n) is 8.68. The minimum atomic E-state index is -0.753. The number of methoxy groups -OCH3 is 1. The van der Waals surface area contributed by atoms with E-state index >= 15 is 4.39 Å². The Labute approximate surface area is 231 Å². The molecule has 2 aliphatic carbocycles. The summed E-state index contributed by atoms with van der Waals surface area (Å²) in [6.07, 6.45) is 10.6. The summed E-state index contributed by atoms with van der Waals surface area (Å²) in [6, 6.07) is 19.1. The number of ether oxygens (including phenoxy) is 2. The van der Waals surface area contributed by atoms with Crippen molar-refractivity contribution in [1.29, 1.82) is 0 Å². The lowest BCUT2D eigenvalue weighted by molar-refractivity contribution is -0.138. The van der Waals surface area contributed by atoms with Crippen LogP contribution in [-0.4, -0.2) is 18.2 Å². The van der Waals surface area contributed by atoms with Crippen molar-refractivity contribution in [2.45, 2.75) is 82.7 Å². The average molecular weight is 531 g/mol. The Kier molecular flexibility index (Phi) is 8.85. The maximum Gasteiger partial charge on any atom is 0.303 e. The molecular formula is C34H39FO4. The van der Waals surface area contributed by atoms with Gasteiger partial charge in [-0.25, -0.2) is 4.39 Å². The zero-order chi connectivity index (χ0) is 27.2. The molecule has 0 aliphatic heterocycles. The Hall–Kier alpha value is -3.34. The number of carboxylic acids is 1. The van der Waals surface area contributed by atoms with E-state index in [2.05, 4.69) is 6.07 Å². The zero-order valence-electron chi connectivity index (χ0n) is 22.8. The van der Waals surface area contributed by atoms with E-state index in [1.165, 1.54) is 43.7 Å². The van der Waals surface area contributed by atoms with Gasteiger partial charge in [0, 0.05) is 5.56 Å². The lowest BCUT2D eigenvalue weighted by atomic mass is 9.72. The van der Waals surface area contributed by atoms with Crippen LogP contribution >= 0.6 is 0 Å². The molecule has 0 radical (unpaired) electrons. The summed E-state index contributed by atoms with van der Waals surface area (Å²) in [5.74, 6) is 1.25. The smallest absolute Gasteiger partial charge is 0.303 e. The highest BCUT2D eigenvalue weighted by atomic mass is 19.1. The Balaban J connectivity index is 1.40. The molecule has 206 valence electrons. The molecule has 0 bridgehead atoms. The van der Waals surface area contributed by atoms with Gasteiger partial charge in [0.15, 0.2) is 0 Å². The van der Waals surface area contributed by atoms with Gasteiger partial charge in [0.2, 0.25) is 0 Å². The monoisotopic (exact) mass is 530 g/mol. The maximum absolute atomic E-state index is 15.0. The molecule has 39 heavy (non-hydrogen) atoms. The molecule has 2 saturated carbocycles. The summed E-state index contributed by atoms with van der Waals surface area (Å²) in [4.78, 5) is 11.5. The van der Waals surface area contributed by atoms with Crippen LogP contribution in [0.1, 0.15) is 92.7 Å². The molecule has 4 nitrogen and oxygen atoms in total. The molecule has 0 spiro atoms. The van der Waals surface area contributed by atoms with Gasteiger partial charge in [-0.1, -0.05) is 62.4 Å². The molecule has 0 saturated heterocycles. The molecular weight excluding hydrogens is 491 g/mol. The van der Waals surface area contributed by atoms with Crippen molar-refractivity contribution in [3.63, 3.8) is 0 Å². The van der Waals surface area contributed by atoms with Crippen molar-refractivity contribution >= 4 is 5.97 Å². The van der Waals surface area contributed by atoms with E-state index in [9.17, 15) is 9.90 Å². The maximum atomic E-state index is 15.0. The second kappa shape index (κ2) is 12.7. The van der Waals surface area contributed by atoms with Gasteiger partial charge >= 0.3 is 5.97 Å². The number of benzene rings is 3. The first-order valence-electron chi connectivity index (χ1n) is 14.4. The van der Waals surface area contributed by atoms with Gasteiger partial charge in [0.05, 0.1) is 13.5 Å². The minimum Gasteiger partial charge on any atom is -0.497 e. The molecule has 3 aromatic carbocycles. The fourth-order valence-corrected chi connectivity index (χ4v) is 6.30. The number of halogens is 1. The van der Waals surface area contributed by atoms with Crippen LogP contribution in [-0.2, 0) is 11.4 Å². The molecule has 0 heterocycles. The SMILES string of the molecule is COc1ccc(F)c(-c2ccc(COc3cccc([C@@H](CC(=O)O)C4CCC4)c3)cc2C2CCCCCC2)c1. The van der Waals surface area contributed by atoms with Crippen LogP contribution in [0.25, 0.3) is 11.1 Å². The van der Waals surface area contributed by atoms with Gasteiger partial charge in [0.1, 0.15) is 23.9 Å². The zero-order valence-corrected chi connectivity index (χ0v) is 22.8. The quantitative estimate of drug-likeness (QED) is 0.266. The van der Waals surface area contributed by atoms with Gasteiger partial charge in [-0.3, -0.25) is 4.79 Å². The Bertz CT molecular complexity index is 1270.